The van der Waals surface area contributed by atoms with Gasteiger partial charge in [-0.2, -0.15) is 0 Å². The smallest absolute Gasteiger partial charge is 0.0203 e. The highest BCUT2D eigenvalue weighted by molar-refractivity contribution is 5.11. The molecule has 0 nitrogen and oxygen atoms in total. The van der Waals surface area contributed by atoms with Gasteiger partial charge in [-0.15, -0.1) is 0 Å². The molecule has 2 fully saturated rings. The molecule has 3 aliphatic rings. The minimum atomic E-state index is 0.971. The Labute approximate surface area is 164 Å². The van der Waals surface area contributed by atoms with Crippen molar-refractivity contribution in [2.75, 3.05) is 0 Å². The Morgan fingerprint density at radius 3 is 1.96 bits per heavy atom. The van der Waals surface area contributed by atoms with Crippen molar-refractivity contribution in [2.24, 2.45) is 29.6 Å². The maximum absolute atomic E-state index is 2.68. The third kappa shape index (κ3) is 5.87. The summed E-state index contributed by atoms with van der Waals surface area (Å²) in [5.74, 6) is 5.23. The SMILES string of the molecule is CCCCC[C@H]1CC[C@H](C2CCC(C3=CCC(CCC)CC3)CC2)CC1. The molecule has 0 N–H and O–H groups in total. The van der Waals surface area contributed by atoms with Crippen molar-refractivity contribution in [3.05, 3.63) is 11.6 Å². The Bertz CT molecular complexity index is 404. The second kappa shape index (κ2) is 10.9. The predicted octanol–water partition coefficient (Wildman–Crippen LogP) is 8.71. The van der Waals surface area contributed by atoms with Gasteiger partial charge in [0.2, 0.25) is 0 Å². The van der Waals surface area contributed by atoms with Crippen molar-refractivity contribution in [2.45, 2.75) is 123 Å². The molecule has 26 heavy (non-hydrogen) atoms. The van der Waals surface area contributed by atoms with E-state index in [1.807, 2.05) is 5.57 Å². The second-order valence-electron chi connectivity index (χ2n) is 10.1. The van der Waals surface area contributed by atoms with Crippen LogP contribution in [0.2, 0.25) is 0 Å². The lowest BCUT2D eigenvalue weighted by Gasteiger charge is -2.39. The zero-order valence-corrected chi connectivity index (χ0v) is 18.0. The molecule has 0 bridgehead atoms. The van der Waals surface area contributed by atoms with Gasteiger partial charge in [0.05, 0.1) is 0 Å². The summed E-state index contributed by atoms with van der Waals surface area (Å²) in [5, 5.41) is 0. The van der Waals surface area contributed by atoms with Crippen molar-refractivity contribution in [1.29, 1.82) is 0 Å². The summed E-state index contributed by atoms with van der Waals surface area (Å²) < 4.78 is 0. The molecule has 0 aromatic carbocycles. The van der Waals surface area contributed by atoms with Crippen LogP contribution in [0.15, 0.2) is 11.6 Å². The molecule has 2 saturated carbocycles. The van der Waals surface area contributed by atoms with Crippen LogP contribution in [0.25, 0.3) is 0 Å². The molecule has 1 atom stereocenters. The Hall–Kier alpha value is -0.260. The number of unbranched alkanes of at least 4 members (excludes halogenated alkanes) is 2. The number of hydrogen-bond donors (Lipinski definition) is 0. The van der Waals surface area contributed by atoms with Crippen molar-refractivity contribution >= 4 is 0 Å². The topological polar surface area (TPSA) is 0 Å². The molecule has 150 valence electrons. The average molecular weight is 359 g/mol. The predicted molar refractivity (Wildman–Crippen MR) is 115 cm³/mol. The van der Waals surface area contributed by atoms with Gasteiger partial charge in [-0.3, -0.25) is 0 Å². The Balaban J connectivity index is 1.35. The van der Waals surface area contributed by atoms with E-state index < -0.39 is 0 Å². The van der Waals surface area contributed by atoms with Gasteiger partial charge >= 0.3 is 0 Å². The molecule has 1 unspecified atom stereocenters. The monoisotopic (exact) mass is 358 g/mol. The zero-order valence-electron chi connectivity index (χ0n) is 18.0. The third-order valence-electron chi connectivity index (χ3n) is 8.32. The summed E-state index contributed by atoms with van der Waals surface area (Å²) in [4.78, 5) is 0. The van der Waals surface area contributed by atoms with Gasteiger partial charge in [-0.1, -0.05) is 76.9 Å². The molecule has 0 saturated heterocycles. The van der Waals surface area contributed by atoms with Gasteiger partial charge in [-0.05, 0) is 87.4 Å². The van der Waals surface area contributed by atoms with Crippen LogP contribution < -0.4 is 0 Å². The van der Waals surface area contributed by atoms with Gasteiger partial charge in [0, 0.05) is 0 Å². The largest absolute Gasteiger partial charge is 0.0848 e. The molecule has 0 aliphatic heterocycles. The highest BCUT2D eigenvalue weighted by Gasteiger charge is 2.32. The molecule has 0 aromatic rings. The Morgan fingerprint density at radius 2 is 1.38 bits per heavy atom. The molecule has 3 aliphatic carbocycles. The van der Waals surface area contributed by atoms with Crippen molar-refractivity contribution < 1.29 is 0 Å². The minimum absolute atomic E-state index is 0.971. The van der Waals surface area contributed by atoms with Crippen LogP contribution in [-0.4, -0.2) is 0 Å². The second-order valence-corrected chi connectivity index (χ2v) is 10.1. The van der Waals surface area contributed by atoms with E-state index in [1.165, 1.54) is 70.6 Å². The highest BCUT2D eigenvalue weighted by atomic mass is 14.4. The zero-order chi connectivity index (χ0) is 18.2. The van der Waals surface area contributed by atoms with Crippen LogP contribution in [-0.2, 0) is 0 Å². The van der Waals surface area contributed by atoms with E-state index in [1.54, 1.807) is 38.5 Å². The Morgan fingerprint density at radius 1 is 0.692 bits per heavy atom. The fraction of sp³-hybridized carbons (Fsp3) is 0.923. The summed E-state index contributed by atoms with van der Waals surface area (Å²) in [5.41, 5.74) is 1.87. The molecule has 0 radical (unpaired) electrons. The van der Waals surface area contributed by atoms with Crippen LogP contribution in [0, 0.1) is 29.6 Å². The fourth-order valence-electron chi connectivity index (χ4n) is 6.54. The number of rotatable bonds is 8. The standard InChI is InChI=1S/C26H46/c1-3-5-6-8-22-11-15-24(16-12-22)26-19-17-25(18-20-26)23-13-9-21(7-4-2)10-14-23/h13,21-22,24-26H,3-12,14-20H2,1-2H3/t21?,22-,24-,25?,26?. The molecule has 0 heteroatoms. The lowest BCUT2D eigenvalue weighted by atomic mass is 9.67. The lowest BCUT2D eigenvalue weighted by Crippen LogP contribution is -2.26. The van der Waals surface area contributed by atoms with Crippen LogP contribution in [0.5, 0.6) is 0 Å². The van der Waals surface area contributed by atoms with E-state index >= 15 is 0 Å². The van der Waals surface area contributed by atoms with E-state index in [4.69, 9.17) is 0 Å². The van der Waals surface area contributed by atoms with Gasteiger partial charge < -0.3 is 0 Å². The van der Waals surface area contributed by atoms with Gasteiger partial charge in [-0.25, -0.2) is 0 Å². The highest BCUT2D eigenvalue weighted by Crippen LogP contribution is 2.45. The Kier molecular flexibility index (Phi) is 8.60. The summed E-state index contributed by atoms with van der Waals surface area (Å²) in [7, 11) is 0. The normalized spacial score (nSPS) is 35.9. The number of hydrogen-bond acceptors (Lipinski definition) is 0. The van der Waals surface area contributed by atoms with Crippen molar-refractivity contribution in [3.8, 4) is 0 Å². The van der Waals surface area contributed by atoms with E-state index in [0.29, 0.717) is 0 Å². The first-order valence-electron chi connectivity index (χ1n) is 12.5. The molecule has 0 amide bonds. The maximum atomic E-state index is 2.68. The van der Waals surface area contributed by atoms with E-state index in [9.17, 15) is 0 Å². The van der Waals surface area contributed by atoms with Crippen LogP contribution >= 0.6 is 0 Å². The number of allylic oxidation sites excluding steroid dienone is 2. The quantitative estimate of drug-likeness (QED) is 0.300. The van der Waals surface area contributed by atoms with E-state index in [2.05, 4.69) is 19.9 Å². The van der Waals surface area contributed by atoms with Crippen molar-refractivity contribution in [3.63, 3.8) is 0 Å². The van der Waals surface area contributed by atoms with E-state index in [0.717, 1.165) is 29.6 Å². The van der Waals surface area contributed by atoms with E-state index in [-0.39, 0.29) is 0 Å². The molecular formula is C26H46. The summed E-state index contributed by atoms with van der Waals surface area (Å²) in [6, 6.07) is 0. The van der Waals surface area contributed by atoms with Gasteiger partial charge in [0.15, 0.2) is 0 Å². The lowest BCUT2D eigenvalue weighted by molar-refractivity contribution is 0.148. The summed E-state index contributed by atoms with van der Waals surface area (Å²) in [6.45, 7) is 4.68. The molecule has 0 spiro atoms. The molecule has 0 aromatic heterocycles. The molecular weight excluding hydrogens is 312 g/mol. The molecule has 3 rings (SSSR count). The first kappa shape index (κ1) is 20.5. The van der Waals surface area contributed by atoms with Crippen molar-refractivity contribution in [1.82, 2.24) is 0 Å². The van der Waals surface area contributed by atoms with Gasteiger partial charge in [0.25, 0.3) is 0 Å². The van der Waals surface area contributed by atoms with Crippen LogP contribution in [0.3, 0.4) is 0 Å². The summed E-state index contributed by atoms with van der Waals surface area (Å²) in [6.07, 6.45) is 28.0. The van der Waals surface area contributed by atoms with Gasteiger partial charge in [0.1, 0.15) is 0 Å². The summed E-state index contributed by atoms with van der Waals surface area (Å²) >= 11 is 0. The molecule has 0 heterocycles. The fourth-order valence-corrected chi connectivity index (χ4v) is 6.54. The first-order chi connectivity index (χ1) is 12.8. The third-order valence-corrected chi connectivity index (χ3v) is 8.32. The average Bonchev–Trinajstić information content (AvgIpc) is 2.70. The minimum Gasteiger partial charge on any atom is -0.0848 e. The van der Waals surface area contributed by atoms with Crippen LogP contribution in [0.4, 0.5) is 0 Å². The first-order valence-corrected chi connectivity index (χ1v) is 12.5. The van der Waals surface area contributed by atoms with Crippen LogP contribution in [0.1, 0.15) is 123 Å². The maximum Gasteiger partial charge on any atom is -0.0203 e.